The molecule has 1 saturated carbocycles. The highest BCUT2D eigenvalue weighted by Gasteiger charge is 2.24. The predicted octanol–water partition coefficient (Wildman–Crippen LogP) is 2.82. The maximum Gasteiger partial charge on any atom is 0.253 e. The predicted molar refractivity (Wildman–Crippen MR) is 72.7 cm³/mol. The van der Waals surface area contributed by atoms with E-state index in [-0.39, 0.29) is 12.0 Å². The Balaban J connectivity index is 1.94. The first-order valence-corrected chi connectivity index (χ1v) is 6.45. The zero-order chi connectivity index (χ0) is 13.1. The van der Waals surface area contributed by atoms with E-state index in [1.54, 1.807) is 25.1 Å². The molecule has 18 heavy (non-hydrogen) atoms. The van der Waals surface area contributed by atoms with Gasteiger partial charge in [-0.05, 0) is 44.4 Å². The van der Waals surface area contributed by atoms with Gasteiger partial charge >= 0.3 is 0 Å². The van der Waals surface area contributed by atoms with Crippen LogP contribution in [0.4, 0.5) is 11.4 Å². The molecule has 1 aliphatic carbocycles. The number of nitrogens with one attached hydrogen (secondary N) is 1. The Morgan fingerprint density at radius 2 is 2.28 bits per heavy atom. The summed E-state index contributed by atoms with van der Waals surface area (Å²) < 4.78 is 5.60. The molecular formula is C13H17ClN2O2. The second kappa shape index (κ2) is 5.59. The van der Waals surface area contributed by atoms with Crippen LogP contribution >= 0.6 is 11.6 Å². The molecule has 0 heterocycles. The van der Waals surface area contributed by atoms with E-state index in [0.29, 0.717) is 16.4 Å². The fourth-order valence-electron chi connectivity index (χ4n) is 1.73. The number of ether oxygens (including phenoxy) is 1. The fourth-order valence-corrected chi connectivity index (χ4v) is 1.90. The number of hydrogen-bond donors (Lipinski definition) is 2. The van der Waals surface area contributed by atoms with E-state index in [9.17, 15) is 4.79 Å². The average Bonchev–Trinajstić information content (AvgIpc) is 2.28. The minimum absolute atomic E-state index is 0.198. The molecule has 0 radical (unpaired) electrons. The lowest BCUT2D eigenvalue weighted by Crippen LogP contribution is -2.34. The molecule has 1 atom stereocenters. The molecule has 1 unspecified atom stereocenters. The molecule has 4 nitrogen and oxygen atoms in total. The number of rotatable bonds is 4. The van der Waals surface area contributed by atoms with Crippen LogP contribution in [0.1, 0.15) is 26.2 Å². The Hall–Kier alpha value is -1.26. The highest BCUT2D eigenvalue weighted by molar-refractivity contribution is 6.31. The van der Waals surface area contributed by atoms with E-state index in [4.69, 9.17) is 22.1 Å². The van der Waals surface area contributed by atoms with Gasteiger partial charge in [0.25, 0.3) is 5.91 Å². The second-order valence-corrected chi connectivity index (χ2v) is 4.99. The van der Waals surface area contributed by atoms with Crippen LogP contribution in [0.15, 0.2) is 18.2 Å². The molecule has 0 aliphatic heterocycles. The molecule has 1 fully saturated rings. The first-order chi connectivity index (χ1) is 8.56. The molecule has 0 saturated heterocycles. The van der Waals surface area contributed by atoms with E-state index in [1.807, 2.05) is 0 Å². The second-order valence-electron chi connectivity index (χ2n) is 4.55. The van der Waals surface area contributed by atoms with E-state index in [1.165, 1.54) is 6.42 Å². The van der Waals surface area contributed by atoms with E-state index in [2.05, 4.69) is 5.32 Å². The Labute approximate surface area is 111 Å². The third-order valence-electron chi connectivity index (χ3n) is 3.09. The molecule has 1 amide bonds. The van der Waals surface area contributed by atoms with Crippen LogP contribution in [-0.4, -0.2) is 18.1 Å². The number of nitrogens with two attached hydrogens (primary N) is 1. The van der Waals surface area contributed by atoms with Gasteiger partial charge in [-0.25, -0.2) is 0 Å². The van der Waals surface area contributed by atoms with Crippen molar-refractivity contribution < 1.29 is 9.53 Å². The van der Waals surface area contributed by atoms with Crippen molar-refractivity contribution in [3.8, 4) is 0 Å². The monoisotopic (exact) mass is 268 g/mol. The third-order valence-corrected chi connectivity index (χ3v) is 3.33. The van der Waals surface area contributed by atoms with Crippen molar-refractivity contribution >= 4 is 28.9 Å². The number of anilines is 2. The van der Waals surface area contributed by atoms with Gasteiger partial charge in [0.15, 0.2) is 0 Å². The van der Waals surface area contributed by atoms with Gasteiger partial charge in [0.2, 0.25) is 0 Å². The lowest BCUT2D eigenvalue weighted by molar-refractivity contribution is -0.133. The smallest absolute Gasteiger partial charge is 0.253 e. The van der Waals surface area contributed by atoms with E-state index in [0.717, 1.165) is 12.8 Å². The van der Waals surface area contributed by atoms with Crippen LogP contribution in [0.2, 0.25) is 5.02 Å². The van der Waals surface area contributed by atoms with Gasteiger partial charge in [-0.15, -0.1) is 0 Å². The van der Waals surface area contributed by atoms with Crippen molar-refractivity contribution in [3.63, 3.8) is 0 Å². The van der Waals surface area contributed by atoms with Crippen LogP contribution in [0, 0.1) is 0 Å². The summed E-state index contributed by atoms with van der Waals surface area (Å²) in [7, 11) is 0. The number of carbonyl (C=O) groups excluding carboxylic acids is 1. The SMILES string of the molecule is CC(OC1CCC1)C(=O)Nc1cc(Cl)ccc1N. The molecule has 0 aromatic heterocycles. The van der Waals surface area contributed by atoms with E-state index >= 15 is 0 Å². The summed E-state index contributed by atoms with van der Waals surface area (Å²) in [5.74, 6) is -0.198. The van der Waals surface area contributed by atoms with Gasteiger partial charge in [0.05, 0.1) is 17.5 Å². The zero-order valence-electron chi connectivity index (χ0n) is 10.3. The first-order valence-electron chi connectivity index (χ1n) is 6.07. The van der Waals surface area contributed by atoms with Crippen molar-refractivity contribution in [2.45, 2.75) is 38.4 Å². The van der Waals surface area contributed by atoms with Crippen LogP contribution in [0.5, 0.6) is 0 Å². The summed E-state index contributed by atoms with van der Waals surface area (Å²) in [5, 5.41) is 3.27. The quantitative estimate of drug-likeness (QED) is 0.826. The Morgan fingerprint density at radius 3 is 2.89 bits per heavy atom. The van der Waals surface area contributed by atoms with Gasteiger partial charge < -0.3 is 15.8 Å². The largest absolute Gasteiger partial charge is 0.397 e. The number of nitrogen functional groups attached to an aromatic ring is 1. The lowest BCUT2D eigenvalue weighted by Gasteiger charge is -2.28. The van der Waals surface area contributed by atoms with Crippen LogP contribution < -0.4 is 11.1 Å². The standard InChI is InChI=1S/C13H17ClN2O2/c1-8(18-10-3-2-4-10)13(17)16-12-7-9(14)5-6-11(12)15/h5-8,10H,2-4,15H2,1H3,(H,16,17). The average molecular weight is 269 g/mol. The molecule has 98 valence electrons. The highest BCUT2D eigenvalue weighted by atomic mass is 35.5. The minimum Gasteiger partial charge on any atom is -0.397 e. The zero-order valence-corrected chi connectivity index (χ0v) is 11.0. The topological polar surface area (TPSA) is 64.3 Å². The van der Waals surface area contributed by atoms with Crippen molar-refractivity contribution in [2.75, 3.05) is 11.1 Å². The summed E-state index contributed by atoms with van der Waals surface area (Å²) in [6.07, 6.45) is 3.00. The Bertz CT molecular complexity index is 447. The van der Waals surface area contributed by atoms with Crippen molar-refractivity contribution in [1.82, 2.24) is 0 Å². The molecule has 2 rings (SSSR count). The normalized spacial score (nSPS) is 17.0. The van der Waals surface area contributed by atoms with Gasteiger partial charge in [-0.3, -0.25) is 4.79 Å². The maximum absolute atomic E-state index is 11.9. The van der Waals surface area contributed by atoms with Crippen molar-refractivity contribution in [3.05, 3.63) is 23.2 Å². The Morgan fingerprint density at radius 1 is 1.56 bits per heavy atom. The minimum atomic E-state index is -0.478. The first kappa shape index (κ1) is 13.2. The third kappa shape index (κ3) is 3.15. The Kier molecular flexibility index (Phi) is 4.09. The molecule has 1 aromatic rings. The fraction of sp³-hybridized carbons (Fsp3) is 0.462. The van der Waals surface area contributed by atoms with Crippen LogP contribution in [0.3, 0.4) is 0 Å². The number of hydrogen-bond acceptors (Lipinski definition) is 3. The molecule has 1 aliphatic rings. The molecule has 5 heteroatoms. The molecule has 3 N–H and O–H groups in total. The summed E-state index contributed by atoms with van der Waals surface area (Å²) in [4.78, 5) is 11.9. The number of halogens is 1. The van der Waals surface area contributed by atoms with Gasteiger partial charge in [-0.2, -0.15) is 0 Å². The summed E-state index contributed by atoms with van der Waals surface area (Å²) in [6, 6.07) is 4.97. The number of carbonyl (C=O) groups is 1. The van der Waals surface area contributed by atoms with Gasteiger partial charge in [-0.1, -0.05) is 11.6 Å². The van der Waals surface area contributed by atoms with Crippen molar-refractivity contribution in [1.29, 1.82) is 0 Å². The molecule has 0 bridgehead atoms. The van der Waals surface area contributed by atoms with Crippen LogP contribution in [0.25, 0.3) is 0 Å². The van der Waals surface area contributed by atoms with Crippen LogP contribution in [-0.2, 0) is 9.53 Å². The van der Waals surface area contributed by atoms with Gasteiger partial charge in [0.1, 0.15) is 6.10 Å². The summed E-state index contributed by atoms with van der Waals surface area (Å²) in [5.41, 5.74) is 6.78. The number of amides is 1. The number of benzene rings is 1. The summed E-state index contributed by atoms with van der Waals surface area (Å²) >= 11 is 5.86. The molecular weight excluding hydrogens is 252 g/mol. The lowest BCUT2D eigenvalue weighted by atomic mass is 9.96. The summed E-state index contributed by atoms with van der Waals surface area (Å²) in [6.45, 7) is 1.74. The molecule has 0 spiro atoms. The van der Waals surface area contributed by atoms with E-state index < -0.39 is 6.10 Å². The highest BCUT2D eigenvalue weighted by Crippen LogP contribution is 2.25. The maximum atomic E-state index is 11.9. The van der Waals surface area contributed by atoms with Crippen molar-refractivity contribution in [2.24, 2.45) is 0 Å². The molecule has 1 aromatic carbocycles. The van der Waals surface area contributed by atoms with Gasteiger partial charge in [0, 0.05) is 5.02 Å².